The normalized spacial score (nSPS) is 17.2. The van der Waals surface area contributed by atoms with Gasteiger partial charge in [0.1, 0.15) is 5.82 Å². The van der Waals surface area contributed by atoms with Crippen LogP contribution in [0.2, 0.25) is 0 Å². The topological polar surface area (TPSA) is 94.8 Å². The zero-order valence-corrected chi connectivity index (χ0v) is 20.1. The van der Waals surface area contributed by atoms with E-state index in [1.54, 1.807) is 24.4 Å². The second-order valence-electron chi connectivity index (χ2n) is 9.47. The molecule has 8 heteroatoms. The first-order valence-corrected chi connectivity index (χ1v) is 11.9. The van der Waals surface area contributed by atoms with Gasteiger partial charge in [0, 0.05) is 38.6 Å². The van der Waals surface area contributed by atoms with Gasteiger partial charge in [0.05, 0.1) is 22.5 Å². The maximum absolute atomic E-state index is 13.1. The minimum Gasteiger partial charge on any atom is -0.397 e. The quantitative estimate of drug-likeness (QED) is 0.559. The second-order valence-corrected chi connectivity index (χ2v) is 9.47. The predicted molar refractivity (Wildman–Crippen MR) is 139 cm³/mol. The number of amides is 3. The molecule has 2 fully saturated rings. The number of carbonyl (C=O) groups is 2. The molecule has 2 aliphatic heterocycles. The number of para-hydroxylation sites is 2. The molecule has 35 heavy (non-hydrogen) atoms. The standard InChI is InChI=1S/C27H30N6O2/c1-19-6-5-7-21(16-19)33-26(35)31(2)18-27(33)12-14-32(15-13-27)24-11-10-20(17-29-24)25(34)30-23-9-4-3-8-22(23)28/h3-11,16-17H,12-15,18,28H2,1-2H3,(H,30,34). The molecule has 0 saturated carbocycles. The summed E-state index contributed by atoms with van der Waals surface area (Å²) in [6.45, 7) is 4.32. The van der Waals surface area contributed by atoms with Crippen LogP contribution in [-0.4, -0.2) is 54.0 Å². The zero-order valence-electron chi connectivity index (χ0n) is 20.1. The number of nitrogens with one attached hydrogen (secondary N) is 1. The fourth-order valence-electron chi connectivity index (χ4n) is 5.15. The van der Waals surface area contributed by atoms with Crippen molar-refractivity contribution < 1.29 is 9.59 Å². The summed E-state index contributed by atoms with van der Waals surface area (Å²) in [5, 5.41) is 2.83. The molecule has 180 valence electrons. The molecule has 0 unspecified atom stereocenters. The Balaban J connectivity index is 1.28. The summed E-state index contributed by atoms with van der Waals surface area (Å²) in [6, 6.07) is 19.0. The number of aryl methyl sites for hydroxylation is 1. The summed E-state index contributed by atoms with van der Waals surface area (Å²) in [5.41, 5.74) is 9.36. The van der Waals surface area contributed by atoms with Gasteiger partial charge in [-0.2, -0.15) is 0 Å². The summed E-state index contributed by atoms with van der Waals surface area (Å²) < 4.78 is 0. The summed E-state index contributed by atoms with van der Waals surface area (Å²) in [4.78, 5) is 36.3. The van der Waals surface area contributed by atoms with Crippen molar-refractivity contribution in [2.45, 2.75) is 25.3 Å². The van der Waals surface area contributed by atoms with Gasteiger partial charge in [-0.1, -0.05) is 24.3 Å². The van der Waals surface area contributed by atoms with E-state index in [0.29, 0.717) is 23.5 Å². The number of hydrogen-bond donors (Lipinski definition) is 2. The van der Waals surface area contributed by atoms with Gasteiger partial charge < -0.3 is 20.9 Å². The summed E-state index contributed by atoms with van der Waals surface area (Å²) in [7, 11) is 1.88. The van der Waals surface area contributed by atoms with E-state index in [1.165, 1.54) is 0 Å². The molecule has 2 aromatic carbocycles. The number of anilines is 4. The molecule has 3 heterocycles. The molecule has 2 aliphatic rings. The molecule has 3 N–H and O–H groups in total. The van der Waals surface area contributed by atoms with E-state index < -0.39 is 0 Å². The van der Waals surface area contributed by atoms with Crippen molar-refractivity contribution in [2.75, 3.05) is 47.5 Å². The third kappa shape index (κ3) is 4.27. The molecule has 3 aromatic rings. The van der Waals surface area contributed by atoms with Crippen molar-refractivity contribution in [1.29, 1.82) is 0 Å². The van der Waals surface area contributed by atoms with Crippen LogP contribution in [0.5, 0.6) is 0 Å². The monoisotopic (exact) mass is 470 g/mol. The van der Waals surface area contributed by atoms with E-state index >= 15 is 0 Å². The van der Waals surface area contributed by atoms with Gasteiger partial charge in [-0.15, -0.1) is 0 Å². The van der Waals surface area contributed by atoms with Crippen LogP contribution in [0.25, 0.3) is 0 Å². The molecule has 1 spiro atoms. The highest BCUT2D eigenvalue weighted by Gasteiger charge is 2.50. The highest BCUT2D eigenvalue weighted by molar-refractivity contribution is 6.05. The highest BCUT2D eigenvalue weighted by atomic mass is 16.2. The molecule has 8 nitrogen and oxygen atoms in total. The van der Waals surface area contributed by atoms with Crippen LogP contribution >= 0.6 is 0 Å². The number of nitrogens with zero attached hydrogens (tertiary/aromatic N) is 4. The lowest BCUT2D eigenvalue weighted by atomic mass is 9.86. The van der Waals surface area contributed by atoms with E-state index in [4.69, 9.17) is 5.73 Å². The number of piperidine rings is 1. The van der Waals surface area contributed by atoms with Crippen molar-refractivity contribution in [3.05, 3.63) is 78.0 Å². The third-order valence-electron chi connectivity index (χ3n) is 7.02. The van der Waals surface area contributed by atoms with Crippen molar-refractivity contribution in [1.82, 2.24) is 9.88 Å². The molecule has 0 atom stereocenters. The first-order chi connectivity index (χ1) is 16.9. The molecule has 0 aliphatic carbocycles. The average Bonchev–Trinajstić information content (AvgIpc) is 3.10. The lowest BCUT2D eigenvalue weighted by molar-refractivity contribution is 0.102. The van der Waals surface area contributed by atoms with Crippen molar-refractivity contribution in [3.63, 3.8) is 0 Å². The Morgan fingerprint density at radius 1 is 1.06 bits per heavy atom. The largest absolute Gasteiger partial charge is 0.397 e. The number of nitrogen functional groups attached to an aromatic ring is 1. The minimum atomic E-state index is -0.249. The van der Waals surface area contributed by atoms with Crippen molar-refractivity contribution in [2.24, 2.45) is 0 Å². The SMILES string of the molecule is Cc1cccc(N2C(=O)N(C)CC23CCN(c2ccc(C(=O)Nc4ccccc4N)cn2)CC3)c1. The third-order valence-corrected chi connectivity index (χ3v) is 7.02. The van der Waals surface area contributed by atoms with Gasteiger partial charge in [-0.25, -0.2) is 9.78 Å². The average molecular weight is 471 g/mol. The lowest BCUT2D eigenvalue weighted by Gasteiger charge is -2.44. The number of hydrogen-bond acceptors (Lipinski definition) is 5. The Morgan fingerprint density at radius 2 is 1.83 bits per heavy atom. The van der Waals surface area contributed by atoms with Crippen LogP contribution in [0.15, 0.2) is 66.9 Å². The number of urea groups is 1. The second kappa shape index (κ2) is 8.94. The number of aromatic nitrogens is 1. The Hall–Kier alpha value is -4.07. The number of rotatable bonds is 4. The van der Waals surface area contributed by atoms with E-state index in [2.05, 4.69) is 21.3 Å². The molecule has 1 aromatic heterocycles. The van der Waals surface area contributed by atoms with Crippen LogP contribution in [0.3, 0.4) is 0 Å². The molecular weight excluding hydrogens is 440 g/mol. The van der Waals surface area contributed by atoms with E-state index in [0.717, 1.165) is 43.0 Å². The number of likely N-dealkylation sites (N-methyl/N-ethyl adjacent to an activating group) is 1. The first kappa shape index (κ1) is 22.7. The van der Waals surface area contributed by atoms with Crippen LogP contribution in [-0.2, 0) is 0 Å². The maximum atomic E-state index is 13.1. The molecular formula is C27H30N6O2. The Labute approximate surface area is 205 Å². The van der Waals surface area contributed by atoms with E-state index in [9.17, 15) is 9.59 Å². The Kier molecular flexibility index (Phi) is 5.80. The number of carbonyl (C=O) groups excluding carboxylic acids is 2. The fourth-order valence-corrected chi connectivity index (χ4v) is 5.15. The van der Waals surface area contributed by atoms with Crippen LogP contribution < -0.4 is 20.9 Å². The summed E-state index contributed by atoms with van der Waals surface area (Å²) >= 11 is 0. The van der Waals surface area contributed by atoms with Crippen LogP contribution in [0.4, 0.5) is 27.7 Å². The van der Waals surface area contributed by atoms with Gasteiger partial charge in [-0.05, 0) is 61.7 Å². The number of pyridine rings is 1. The molecule has 0 bridgehead atoms. The molecule has 3 amide bonds. The molecule has 2 saturated heterocycles. The van der Waals surface area contributed by atoms with Crippen LogP contribution in [0, 0.1) is 6.92 Å². The first-order valence-electron chi connectivity index (χ1n) is 11.9. The summed E-state index contributed by atoms with van der Waals surface area (Å²) in [6.07, 6.45) is 3.28. The number of benzene rings is 2. The van der Waals surface area contributed by atoms with E-state index in [1.807, 2.05) is 60.2 Å². The Bertz CT molecular complexity index is 1250. The van der Waals surface area contributed by atoms with Crippen LogP contribution in [0.1, 0.15) is 28.8 Å². The fraction of sp³-hybridized carbons (Fsp3) is 0.296. The predicted octanol–water partition coefficient (Wildman–Crippen LogP) is 4.14. The maximum Gasteiger partial charge on any atom is 0.324 e. The molecule has 0 radical (unpaired) electrons. The zero-order chi connectivity index (χ0) is 24.6. The summed E-state index contributed by atoms with van der Waals surface area (Å²) in [5.74, 6) is 0.580. The highest BCUT2D eigenvalue weighted by Crippen LogP contribution is 2.40. The van der Waals surface area contributed by atoms with Crippen molar-refractivity contribution in [3.8, 4) is 0 Å². The van der Waals surface area contributed by atoms with Gasteiger partial charge >= 0.3 is 6.03 Å². The Morgan fingerprint density at radius 3 is 2.51 bits per heavy atom. The lowest BCUT2D eigenvalue weighted by Crippen LogP contribution is -2.55. The molecule has 5 rings (SSSR count). The smallest absolute Gasteiger partial charge is 0.324 e. The van der Waals surface area contributed by atoms with Gasteiger partial charge in [0.2, 0.25) is 0 Å². The van der Waals surface area contributed by atoms with Gasteiger partial charge in [-0.3, -0.25) is 9.69 Å². The van der Waals surface area contributed by atoms with Crippen molar-refractivity contribution >= 4 is 34.8 Å². The van der Waals surface area contributed by atoms with Gasteiger partial charge in [0.25, 0.3) is 5.91 Å². The number of nitrogens with two attached hydrogens (primary N) is 1. The minimum absolute atomic E-state index is 0.0524. The van der Waals surface area contributed by atoms with E-state index in [-0.39, 0.29) is 17.5 Å². The van der Waals surface area contributed by atoms with Gasteiger partial charge in [0.15, 0.2) is 0 Å².